The zero-order valence-electron chi connectivity index (χ0n) is 15.9. The number of halogens is 2. The fourth-order valence-corrected chi connectivity index (χ4v) is 4.56. The van der Waals surface area contributed by atoms with Crippen LogP contribution in [0.15, 0.2) is 42.5 Å². The zero-order valence-corrected chi connectivity index (χ0v) is 18.3. The van der Waals surface area contributed by atoms with E-state index in [4.69, 9.17) is 28.2 Å². The predicted molar refractivity (Wildman–Crippen MR) is 118 cm³/mol. The molecule has 1 saturated heterocycles. The number of benzene rings is 2. The van der Waals surface area contributed by atoms with Crippen molar-refractivity contribution in [2.24, 2.45) is 0 Å². The first kappa shape index (κ1) is 20.1. The van der Waals surface area contributed by atoms with Crippen molar-refractivity contribution in [2.45, 2.75) is 13.3 Å². The predicted octanol–water partition coefficient (Wildman–Crippen LogP) is 4.71. The molecule has 3 aromatic rings. The summed E-state index contributed by atoms with van der Waals surface area (Å²) in [5, 5.41) is 1.84. The van der Waals surface area contributed by atoms with Gasteiger partial charge in [-0.2, -0.15) is 4.37 Å². The first-order valence-corrected chi connectivity index (χ1v) is 10.9. The van der Waals surface area contributed by atoms with E-state index < -0.39 is 0 Å². The molecule has 1 aliphatic heterocycles. The van der Waals surface area contributed by atoms with Crippen molar-refractivity contribution in [3.05, 3.63) is 75.0 Å². The van der Waals surface area contributed by atoms with E-state index in [0.29, 0.717) is 28.7 Å². The SMILES string of the molecule is Cc1ccc(Cc2nsc(N3CCN(C(=O)c4cc(Cl)cc(Cl)c4)CC3)n2)cc1. The van der Waals surface area contributed by atoms with Crippen LogP contribution in [0.25, 0.3) is 0 Å². The van der Waals surface area contributed by atoms with Crippen LogP contribution in [-0.4, -0.2) is 46.3 Å². The first-order valence-electron chi connectivity index (χ1n) is 9.36. The fraction of sp³-hybridized carbons (Fsp3) is 0.286. The van der Waals surface area contributed by atoms with Crippen molar-refractivity contribution in [2.75, 3.05) is 31.1 Å². The average Bonchev–Trinajstić information content (AvgIpc) is 3.17. The number of aryl methyl sites for hydroxylation is 1. The third kappa shape index (κ3) is 4.89. The molecule has 1 amide bonds. The molecule has 8 heteroatoms. The van der Waals surface area contributed by atoms with Gasteiger partial charge in [0.1, 0.15) is 5.82 Å². The normalized spacial score (nSPS) is 14.3. The summed E-state index contributed by atoms with van der Waals surface area (Å²) in [4.78, 5) is 21.5. The summed E-state index contributed by atoms with van der Waals surface area (Å²) in [5.41, 5.74) is 2.97. The van der Waals surface area contributed by atoms with Gasteiger partial charge in [0.25, 0.3) is 5.91 Å². The summed E-state index contributed by atoms with van der Waals surface area (Å²) in [6.07, 6.45) is 0.727. The lowest BCUT2D eigenvalue weighted by molar-refractivity contribution is 0.0746. The summed E-state index contributed by atoms with van der Waals surface area (Å²) in [5.74, 6) is 0.785. The highest BCUT2D eigenvalue weighted by Crippen LogP contribution is 2.23. The lowest BCUT2D eigenvalue weighted by Gasteiger charge is -2.34. The number of carbonyl (C=O) groups excluding carboxylic acids is 1. The van der Waals surface area contributed by atoms with Gasteiger partial charge in [0.05, 0.1) is 0 Å². The zero-order chi connectivity index (χ0) is 20.4. The molecular weight excluding hydrogens is 427 g/mol. The maximum absolute atomic E-state index is 12.7. The summed E-state index contributed by atoms with van der Waals surface area (Å²) in [6.45, 7) is 4.76. The van der Waals surface area contributed by atoms with Crippen LogP contribution in [0.2, 0.25) is 10.0 Å². The van der Waals surface area contributed by atoms with Crippen molar-refractivity contribution < 1.29 is 4.79 Å². The van der Waals surface area contributed by atoms with Crippen LogP contribution in [0.5, 0.6) is 0 Å². The monoisotopic (exact) mass is 446 g/mol. The minimum absolute atomic E-state index is 0.0497. The molecule has 0 bridgehead atoms. The third-order valence-corrected chi connectivity index (χ3v) is 6.14. The van der Waals surface area contributed by atoms with Gasteiger partial charge < -0.3 is 9.80 Å². The van der Waals surface area contributed by atoms with Gasteiger partial charge in [0.2, 0.25) is 5.13 Å². The van der Waals surface area contributed by atoms with Crippen LogP contribution in [0.4, 0.5) is 5.13 Å². The fourth-order valence-electron chi connectivity index (χ4n) is 3.29. The Morgan fingerprint density at radius 3 is 2.34 bits per heavy atom. The van der Waals surface area contributed by atoms with E-state index in [1.54, 1.807) is 18.2 Å². The van der Waals surface area contributed by atoms with Crippen molar-refractivity contribution in [3.63, 3.8) is 0 Å². The number of carbonyl (C=O) groups is 1. The largest absolute Gasteiger partial charge is 0.343 e. The molecule has 0 atom stereocenters. The van der Waals surface area contributed by atoms with E-state index in [1.165, 1.54) is 22.7 Å². The number of nitrogens with zero attached hydrogens (tertiary/aromatic N) is 4. The van der Waals surface area contributed by atoms with Crippen molar-refractivity contribution >= 4 is 45.8 Å². The van der Waals surface area contributed by atoms with Gasteiger partial charge in [-0.25, -0.2) is 4.98 Å². The van der Waals surface area contributed by atoms with Crippen LogP contribution in [0.1, 0.15) is 27.3 Å². The van der Waals surface area contributed by atoms with Crippen molar-refractivity contribution in [3.8, 4) is 0 Å². The molecule has 4 rings (SSSR count). The molecule has 1 fully saturated rings. The standard InChI is InChI=1S/C21H20Cl2N4OS/c1-14-2-4-15(5-3-14)10-19-24-21(29-25-19)27-8-6-26(7-9-27)20(28)16-11-17(22)13-18(23)12-16/h2-5,11-13H,6-10H2,1H3. The second-order valence-electron chi connectivity index (χ2n) is 7.09. The molecule has 2 aromatic carbocycles. The Kier molecular flexibility index (Phi) is 6.04. The summed E-state index contributed by atoms with van der Waals surface area (Å²) in [7, 11) is 0. The Morgan fingerprint density at radius 1 is 1.03 bits per heavy atom. The Labute approximate surface area is 184 Å². The topological polar surface area (TPSA) is 49.3 Å². The molecular formula is C21H20Cl2N4OS. The van der Waals surface area contributed by atoms with Crippen molar-refractivity contribution in [1.82, 2.24) is 14.3 Å². The lowest BCUT2D eigenvalue weighted by atomic mass is 10.1. The van der Waals surface area contributed by atoms with Gasteiger partial charge in [-0.3, -0.25) is 4.79 Å². The summed E-state index contributed by atoms with van der Waals surface area (Å²) in [6, 6.07) is 13.4. The average molecular weight is 447 g/mol. The van der Waals surface area contributed by atoms with E-state index in [2.05, 4.69) is 40.5 Å². The number of rotatable bonds is 4. The minimum atomic E-state index is -0.0497. The Hall–Kier alpha value is -2.15. The van der Waals surface area contributed by atoms with Gasteiger partial charge in [0.15, 0.2) is 0 Å². The number of aromatic nitrogens is 2. The quantitative estimate of drug-likeness (QED) is 0.582. The van der Waals surface area contributed by atoms with E-state index in [-0.39, 0.29) is 5.91 Å². The number of piperazine rings is 1. The first-order chi connectivity index (χ1) is 14.0. The molecule has 0 spiro atoms. The molecule has 0 aliphatic carbocycles. The van der Waals surface area contributed by atoms with E-state index in [0.717, 1.165) is 30.5 Å². The van der Waals surface area contributed by atoms with Gasteiger partial charge in [-0.1, -0.05) is 53.0 Å². The molecule has 5 nitrogen and oxygen atoms in total. The van der Waals surface area contributed by atoms with Crippen molar-refractivity contribution in [1.29, 1.82) is 0 Å². The van der Waals surface area contributed by atoms with Gasteiger partial charge >= 0.3 is 0 Å². The molecule has 1 aromatic heterocycles. The molecule has 2 heterocycles. The molecule has 0 N–H and O–H groups in total. The highest BCUT2D eigenvalue weighted by Gasteiger charge is 2.24. The number of hydrogen-bond donors (Lipinski definition) is 0. The smallest absolute Gasteiger partial charge is 0.254 e. The second-order valence-corrected chi connectivity index (χ2v) is 8.70. The number of hydrogen-bond acceptors (Lipinski definition) is 5. The summed E-state index contributed by atoms with van der Waals surface area (Å²) < 4.78 is 4.51. The number of amides is 1. The maximum atomic E-state index is 12.7. The Morgan fingerprint density at radius 2 is 1.69 bits per heavy atom. The second kappa shape index (κ2) is 8.69. The van der Waals surface area contributed by atoms with Crippen LogP contribution < -0.4 is 4.90 Å². The van der Waals surface area contributed by atoms with E-state index >= 15 is 0 Å². The van der Waals surface area contributed by atoms with Gasteiger partial charge in [-0.05, 0) is 30.7 Å². The highest BCUT2D eigenvalue weighted by molar-refractivity contribution is 7.09. The third-order valence-electron chi connectivity index (χ3n) is 4.89. The van der Waals surface area contributed by atoms with Gasteiger partial charge in [0, 0.05) is 59.7 Å². The van der Waals surface area contributed by atoms with Crippen LogP contribution in [0, 0.1) is 6.92 Å². The lowest BCUT2D eigenvalue weighted by Crippen LogP contribution is -2.48. The molecule has 0 unspecified atom stereocenters. The minimum Gasteiger partial charge on any atom is -0.343 e. The van der Waals surface area contributed by atoms with Crippen LogP contribution >= 0.6 is 34.7 Å². The van der Waals surface area contributed by atoms with E-state index in [9.17, 15) is 4.79 Å². The molecule has 150 valence electrons. The van der Waals surface area contributed by atoms with Gasteiger partial charge in [-0.15, -0.1) is 0 Å². The molecule has 1 aliphatic rings. The molecule has 0 saturated carbocycles. The number of anilines is 1. The van der Waals surface area contributed by atoms with Crippen LogP contribution in [-0.2, 0) is 6.42 Å². The van der Waals surface area contributed by atoms with Crippen LogP contribution in [0.3, 0.4) is 0 Å². The van der Waals surface area contributed by atoms with E-state index in [1.807, 2.05) is 4.90 Å². The molecule has 0 radical (unpaired) electrons. The molecule has 29 heavy (non-hydrogen) atoms. The Balaban J connectivity index is 1.36. The maximum Gasteiger partial charge on any atom is 0.254 e. The highest BCUT2D eigenvalue weighted by atomic mass is 35.5. The summed E-state index contributed by atoms with van der Waals surface area (Å²) >= 11 is 13.5. The Bertz CT molecular complexity index is 994.